The smallest absolute Gasteiger partial charge is 0.161 e. The summed E-state index contributed by atoms with van der Waals surface area (Å²) in [5, 5.41) is 70.9. The highest BCUT2D eigenvalue weighted by Gasteiger charge is 2.28. The number of methoxy groups -OCH3 is 3. The van der Waals surface area contributed by atoms with Crippen LogP contribution in [0, 0.1) is 0 Å². The van der Waals surface area contributed by atoms with Crippen LogP contribution >= 0.6 is 0 Å². The third-order valence-electron chi connectivity index (χ3n) is 6.67. The molecule has 3 rings (SSSR count). The maximum absolute atomic E-state index is 11.1. The number of ether oxygens (including phenoxy) is 5. The van der Waals surface area contributed by atoms with Crippen LogP contribution in [0.25, 0.3) is 0 Å². The van der Waals surface area contributed by atoms with Crippen LogP contribution < -0.4 is 23.7 Å². The van der Waals surface area contributed by atoms with Crippen molar-refractivity contribution in [1.82, 2.24) is 0 Å². The van der Waals surface area contributed by atoms with Crippen LogP contribution in [0.4, 0.5) is 0 Å². The average Bonchev–Trinajstić information content (AvgIpc) is 3.02. The molecule has 0 aliphatic carbocycles. The highest BCUT2D eigenvalue weighted by molar-refractivity contribution is 5.46. The van der Waals surface area contributed by atoms with E-state index in [1.54, 1.807) is 12.1 Å². The minimum Gasteiger partial charge on any atom is -0.504 e. The van der Waals surface area contributed by atoms with Crippen molar-refractivity contribution >= 4 is 0 Å². The first-order valence-electron chi connectivity index (χ1n) is 13.1. The fourth-order valence-electron chi connectivity index (χ4n) is 4.28. The molecule has 0 radical (unpaired) electrons. The summed E-state index contributed by atoms with van der Waals surface area (Å²) in [4.78, 5) is 0. The van der Waals surface area contributed by atoms with E-state index in [0.717, 1.165) is 0 Å². The molecule has 12 heteroatoms. The van der Waals surface area contributed by atoms with Gasteiger partial charge in [-0.2, -0.15) is 0 Å². The predicted molar refractivity (Wildman–Crippen MR) is 150 cm³/mol. The molecule has 42 heavy (non-hydrogen) atoms. The fourth-order valence-corrected chi connectivity index (χ4v) is 4.28. The van der Waals surface area contributed by atoms with Gasteiger partial charge in [-0.1, -0.05) is 18.2 Å². The Kier molecular flexibility index (Phi) is 12.0. The quantitative estimate of drug-likeness (QED) is 0.128. The zero-order valence-electron chi connectivity index (χ0n) is 23.6. The van der Waals surface area contributed by atoms with E-state index in [1.807, 2.05) is 0 Å². The van der Waals surface area contributed by atoms with Crippen molar-refractivity contribution in [3.8, 4) is 34.5 Å². The molecule has 0 saturated heterocycles. The van der Waals surface area contributed by atoms with Crippen LogP contribution in [0.5, 0.6) is 34.5 Å². The lowest BCUT2D eigenvalue weighted by Crippen LogP contribution is -2.30. The van der Waals surface area contributed by atoms with E-state index in [2.05, 4.69) is 0 Å². The van der Waals surface area contributed by atoms with E-state index in [0.29, 0.717) is 16.7 Å². The Balaban J connectivity index is 1.79. The Bertz CT molecular complexity index is 1280. The van der Waals surface area contributed by atoms with Crippen LogP contribution in [0.1, 0.15) is 41.4 Å². The van der Waals surface area contributed by atoms with Gasteiger partial charge in [0.05, 0.1) is 40.6 Å². The molecule has 5 atom stereocenters. The molecule has 3 aromatic carbocycles. The second-order valence-corrected chi connectivity index (χ2v) is 9.35. The molecule has 0 aromatic heterocycles. The van der Waals surface area contributed by atoms with Gasteiger partial charge in [-0.05, 0) is 53.1 Å². The zero-order chi connectivity index (χ0) is 30.8. The predicted octanol–water partition coefficient (Wildman–Crippen LogP) is 1.78. The molecule has 0 amide bonds. The molecular formula is C30H38O12. The molecule has 1 unspecified atom stereocenters. The van der Waals surface area contributed by atoms with Crippen LogP contribution in [0.2, 0.25) is 0 Å². The van der Waals surface area contributed by atoms with Crippen molar-refractivity contribution < 1.29 is 59.4 Å². The minimum absolute atomic E-state index is 0.108. The van der Waals surface area contributed by atoms with Crippen molar-refractivity contribution in [1.29, 1.82) is 0 Å². The lowest BCUT2D eigenvalue weighted by atomic mass is 10.0. The second kappa shape index (κ2) is 15.4. The Morgan fingerprint density at radius 2 is 1.00 bits per heavy atom. The molecule has 0 spiro atoms. The summed E-state index contributed by atoms with van der Waals surface area (Å²) in [5.41, 5.74) is 1.16. The lowest BCUT2D eigenvalue weighted by molar-refractivity contribution is -0.00269. The Morgan fingerprint density at radius 1 is 0.571 bits per heavy atom. The Hall–Kier alpha value is -3.78. The summed E-state index contributed by atoms with van der Waals surface area (Å²) < 4.78 is 27.6. The number of phenols is 1. The van der Waals surface area contributed by atoms with Crippen LogP contribution in [-0.4, -0.2) is 89.1 Å². The van der Waals surface area contributed by atoms with Crippen LogP contribution in [0.3, 0.4) is 0 Å². The third-order valence-corrected chi connectivity index (χ3v) is 6.67. The van der Waals surface area contributed by atoms with E-state index in [1.165, 1.54) is 63.8 Å². The van der Waals surface area contributed by atoms with E-state index in [-0.39, 0.29) is 47.5 Å². The number of benzene rings is 3. The summed E-state index contributed by atoms with van der Waals surface area (Å²) in [6.45, 7) is -1.31. The number of hydrogen-bond donors (Lipinski definition) is 7. The maximum Gasteiger partial charge on any atom is 0.161 e. The SMILES string of the molecule is COc1cc([C@H](O)[C@@H](CO)Oc2ccc([C@H](O)[C@@H](CO)Oc3ccc(C(O)CCO)cc3OC)cc2OC)ccc1O. The monoisotopic (exact) mass is 590 g/mol. The number of aliphatic hydroxyl groups excluding tert-OH is 6. The molecule has 0 fully saturated rings. The van der Waals surface area contributed by atoms with Gasteiger partial charge >= 0.3 is 0 Å². The molecule has 0 saturated carbocycles. The molecule has 0 aliphatic rings. The van der Waals surface area contributed by atoms with E-state index < -0.39 is 43.7 Å². The van der Waals surface area contributed by atoms with Gasteiger partial charge in [0.2, 0.25) is 0 Å². The number of phenolic OH excluding ortho intramolecular Hbond substituents is 1. The van der Waals surface area contributed by atoms with Gasteiger partial charge in [-0.3, -0.25) is 0 Å². The van der Waals surface area contributed by atoms with Crippen molar-refractivity contribution in [3.05, 3.63) is 71.3 Å². The van der Waals surface area contributed by atoms with Crippen molar-refractivity contribution in [2.45, 2.75) is 36.9 Å². The van der Waals surface area contributed by atoms with Gasteiger partial charge in [0.1, 0.15) is 12.2 Å². The topological polar surface area (TPSA) is 188 Å². The molecule has 0 bridgehead atoms. The number of aromatic hydroxyl groups is 1. The van der Waals surface area contributed by atoms with E-state index >= 15 is 0 Å². The largest absolute Gasteiger partial charge is 0.504 e. The average molecular weight is 591 g/mol. The van der Waals surface area contributed by atoms with Crippen molar-refractivity contribution in [3.63, 3.8) is 0 Å². The lowest BCUT2D eigenvalue weighted by Gasteiger charge is -2.26. The highest BCUT2D eigenvalue weighted by Crippen LogP contribution is 2.37. The zero-order valence-corrected chi connectivity index (χ0v) is 23.6. The number of rotatable bonds is 16. The van der Waals surface area contributed by atoms with Crippen LogP contribution in [-0.2, 0) is 0 Å². The third kappa shape index (κ3) is 7.73. The first-order valence-corrected chi connectivity index (χ1v) is 13.1. The molecule has 3 aromatic rings. The van der Waals surface area contributed by atoms with Gasteiger partial charge in [-0.25, -0.2) is 0 Å². The van der Waals surface area contributed by atoms with Crippen molar-refractivity contribution in [2.75, 3.05) is 41.2 Å². The summed E-state index contributed by atoms with van der Waals surface area (Å²) in [7, 11) is 4.16. The van der Waals surface area contributed by atoms with Crippen molar-refractivity contribution in [2.24, 2.45) is 0 Å². The molecule has 0 heterocycles. The summed E-state index contributed by atoms with van der Waals surface area (Å²) in [6.07, 6.45) is -5.62. The number of hydrogen-bond acceptors (Lipinski definition) is 12. The van der Waals surface area contributed by atoms with E-state index in [9.17, 15) is 30.6 Å². The molecule has 12 nitrogen and oxygen atoms in total. The van der Waals surface area contributed by atoms with Gasteiger partial charge in [0, 0.05) is 13.0 Å². The summed E-state index contributed by atoms with van der Waals surface area (Å²) in [6, 6.07) is 13.4. The first kappa shape index (κ1) is 32.7. The minimum atomic E-state index is -1.33. The Morgan fingerprint density at radius 3 is 1.45 bits per heavy atom. The molecule has 7 N–H and O–H groups in total. The summed E-state index contributed by atoms with van der Waals surface area (Å²) in [5.74, 6) is 0.856. The molecular weight excluding hydrogens is 552 g/mol. The number of aliphatic hydroxyl groups is 6. The molecule has 0 aliphatic heterocycles. The normalized spacial score (nSPS) is 14.8. The highest BCUT2D eigenvalue weighted by atomic mass is 16.5. The maximum atomic E-state index is 11.1. The van der Waals surface area contributed by atoms with Gasteiger partial charge in [0.25, 0.3) is 0 Å². The van der Waals surface area contributed by atoms with Gasteiger partial charge < -0.3 is 59.4 Å². The fraction of sp³-hybridized carbons (Fsp3) is 0.400. The summed E-state index contributed by atoms with van der Waals surface area (Å²) >= 11 is 0. The standard InChI is InChI=1S/C30H38O12/c1-38-24-13-18(4-7-21(24)35)29(36)27(15-32)42-23-9-6-19(14-26(23)40-3)30(37)28(16-33)41-22-8-5-17(12-25(22)39-2)20(34)10-11-31/h4-9,12-14,20,27-37H,10-11,15-16H2,1-3H3/t20?,27-,28-,29+,30+/m1/s1. The molecule has 230 valence electrons. The second-order valence-electron chi connectivity index (χ2n) is 9.35. The van der Waals surface area contributed by atoms with Gasteiger partial charge in [0.15, 0.2) is 46.7 Å². The first-order chi connectivity index (χ1) is 20.2. The van der Waals surface area contributed by atoms with Crippen LogP contribution in [0.15, 0.2) is 54.6 Å². The van der Waals surface area contributed by atoms with E-state index in [4.69, 9.17) is 28.8 Å². The van der Waals surface area contributed by atoms with Gasteiger partial charge in [-0.15, -0.1) is 0 Å². The Labute approximate surface area is 243 Å².